The number of ether oxygens (including phenoxy) is 1. The summed E-state index contributed by atoms with van der Waals surface area (Å²) in [5.74, 6) is -1.10. The van der Waals surface area contributed by atoms with Crippen LogP contribution in [-0.4, -0.2) is 37.7 Å². The monoisotopic (exact) mass is 253 g/mol. The Bertz CT molecular complexity index is 384. The molecule has 5 nitrogen and oxygen atoms in total. The van der Waals surface area contributed by atoms with E-state index in [0.717, 1.165) is 5.69 Å². The minimum absolute atomic E-state index is 0.211. The zero-order chi connectivity index (χ0) is 14.1. The smallest absolute Gasteiger partial charge is 0.335 e. The van der Waals surface area contributed by atoms with E-state index >= 15 is 0 Å². The maximum Gasteiger partial charge on any atom is 0.335 e. The number of aromatic carboxylic acids is 1. The highest BCUT2D eigenvalue weighted by atomic mass is 16.5. The number of benzene rings is 1. The molecule has 0 unspecified atom stereocenters. The molecule has 0 aliphatic heterocycles. The third-order valence-electron chi connectivity index (χ3n) is 1.98. The van der Waals surface area contributed by atoms with Gasteiger partial charge in [-0.15, -0.1) is 0 Å². The molecular weight excluding hydrogens is 234 g/mol. The van der Waals surface area contributed by atoms with Crippen molar-refractivity contribution < 1.29 is 19.4 Å². The van der Waals surface area contributed by atoms with Crippen molar-refractivity contribution in [2.45, 2.75) is 13.8 Å². The van der Waals surface area contributed by atoms with Crippen LogP contribution in [0.5, 0.6) is 0 Å². The van der Waals surface area contributed by atoms with Crippen molar-refractivity contribution in [2.75, 3.05) is 25.6 Å². The number of esters is 1. The molecule has 1 aromatic rings. The highest BCUT2D eigenvalue weighted by Gasteiger charge is 2.01. The quantitative estimate of drug-likeness (QED) is 0.835. The summed E-state index contributed by atoms with van der Waals surface area (Å²) in [7, 11) is 3.82. The third kappa shape index (κ3) is 6.52. The number of hydrogen-bond acceptors (Lipinski definition) is 4. The van der Waals surface area contributed by atoms with E-state index in [1.165, 1.54) is 6.92 Å². The molecule has 0 aliphatic rings. The first-order valence-electron chi connectivity index (χ1n) is 5.52. The summed E-state index contributed by atoms with van der Waals surface area (Å²) in [6, 6.07) is 6.75. The van der Waals surface area contributed by atoms with Crippen LogP contribution >= 0.6 is 0 Å². The van der Waals surface area contributed by atoms with E-state index in [0.29, 0.717) is 12.2 Å². The van der Waals surface area contributed by atoms with Crippen molar-refractivity contribution in [3.63, 3.8) is 0 Å². The van der Waals surface area contributed by atoms with Gasteiger partial charge in [-0.3, -0.25) is 4.79 Å². The lowest BCUT2D eigenvalue weighted by Gasteiger charge is -2.11. The van der Waals surface area contributed by atoms with Gasteiger partial charge in [0.05, 0.1) is 12.2 Å². The normalized spacial score (nSPS) is 8.89. The topological polar surface area (TPSA) is 66.8 Å². The Kier molecular flexibility index (Phi) is 7.19. The molecule has 0 spiro atoms. The van der Waals surface area contributed by atoms with Crippen LogP contribution in [0.2, 0.25) is 0 Å². The zero-order valence-electron chi connectivity index (χ0n) is 11.1. The Morgan fingerprint density at radius 1 is 1.22 bits per heavy atom. The van der Waals surface area contributed by atoms with Gasteiger partial charge in [-0.1, -0.05) is 0 Å². The van der Waals surface area contributed by atoms with Gasteiger partial charge in [-0.2, -0.15) is 0 Å². The van der Waals surface area contributed by atoms with Gasteiger partial charge < -0.3 is 14.7 Å². The molecule has 0 fully saturated rings. The first-order chi connectivity index (χ1) is 8.38. The molecule has 0 saturated carbocycles. The number of nitrogens with zero attached hydrogens (tertiary/aromatic N) is 1. The predicted octanol–water partition coefficient (Wildman–Crippen LogP) is 2.02. The molecule has 5 heteroatoms. The second kappa shape index (κ2) is 8.11. The fraction of sp³-hybridized carbons (Fsp3) is 0.385. The predicted molar refractivity (Wildman–Crippen MR) is 70.0 cm³/mol. The second-order valence-corrected chi connectivity index (χ2v) is 3.67. The van der Waals surface area contributed by atoms with Crippen LogP contribution < -0.4 is 4.90 Å². The zero-order valence-corrected chi connectivity index (χ0v) is 11.1. The van der Waals surface area contributed by atoms with Crippen LogP contribution in [0.1, 0.15) is 24.2 Å². The van der Waals surface area contributed by atoms with E-state index < -0.39 is 5.97 Å². The number of carboxylic acids is 1. The van der Waals surface area contributed by atoms with Crippen molar-refractivity contribution in [3.05, 3.63) is 29.8 Å². The van der Waals surface area contributed by atoms with E-state index in [4.69, 9.17) is 5.11 Å². The van der Waals surface area contributed by atoms with E-state index in [2.05, 4.69) is 4.74 Å². The van der Waals surface area contributed by atoms with E-state index in [-0.39, 0.29) is 5.97 Å². The van der Waals surface area contributed by atoms with Gasteiger partial charge in [0, 0.05) is 26.7 Å². The second-order valence-electron chi connectivity index (χ2n) is 3.67. The highest BCUT2D eigenvalue weighted by molar-refractivity contribution is 5.88. The average Bonchev–Trinajstić information content (AvgIpc) is 2.29. The molecule has 0 aromatic heterocycles. The molecule has 0 radical (unpaired) electrons. The maximum atomic E-state index is 10.5. The van der Waals surface area contributed by atoms with Crippen LogP contribution in [0.4, 0.5) is 5.69 Å². The molecule has 0 saturated heterocycles. The lowest BCUT2D eigenvalue weighted by molar-refractivity contribution is -0.140. The maximum absolute atomic E-state index is 10.5. The van der Waals surface area contributed by atoms with Crippen LogP contribution in [0.3, 0.4) is 0 Å². The summed E-state index contributed by atoms with van der Waals surface area (Å²) in [5.41, 5.74) is 1.32. The average molecular weight is 253 g/mol. The van der Waals surface area contributed by atoms with Crippen molar-refractivity contribution in [1.82, 2.24) is 0 Å². The Morgan fingerprint density at radius 3 is 1.94 bits per heavy atom. The molecule has 0 heterocycles. The van der Waals surface area contributed by atoms with Gasteiger partial charge in [0.2, 0.25) is 0 Å². The SMILES string of the molecule is CCOC(C)=O.CN(C)c1ccc(C(=O)O)cc1. The van der Waals surface area contributed by atoms with Crippen LogP contribution in [0, 0.1) is 0 Å². The summed E-state index contributed by atoms with van der Waals surface area (Å²) < 4.78 is 4.40. The lowest BCUT2D eigenvalue weighted by Crippen LogP contribution is -2.08. The Morgan fingerprint density at radius 2 is 1.72 bits per heavy atom. The van der Waals surface area contributed by atoms with E-state index in [1.807, 2.05) is 19.0 Å². The first-order valence-corrected chi connectivity index (χ1v) is 5.52. The standard InChI is InChI=1S/C9H11NO2.C4H8O2/c1-10(2)8-5-3-7(4-6-8)9(11)12;1-3-6-4(2)5/h3-6H,1-2H3,(H,11,12);3H2,1-2H3. The number of carbonyl (C=O) groups excluding carboxylic acids is 1. The molecular formula is C13H19NO4. The van der Waals surface area contributed by atoms with Crippen LogP contribution in [0.15, 0.2) is 24.3 Å². The van der Waals surface area contributed by atoms with Crippen molar-refractivity contribution in [2.24, 2.45) is 0 Å². The number of anilines is 1. The Balaban J connectivity index is 0.000000411. The number of carboxylic acid groups (broad SMARTS) is 1. The van der Waals surface area contributed by atoms with E-state index in [1.54, 1.807) is 31.2 Å². The largest absolute Gasteiger partial charge is 0.478 e. The number of rotatable bonds is 3. The number of carbonyl (C=O) groups is 2. The lowest BCUT2D eigenvalue weighted by atomic mass is 10.2. The molecule has 0 aliphatic carbocycles. The van der Waals surface area contributed by atoms with Crippen molar-refractivity contribution in [3.8, 4) is 0 Å². The van der Waals surface area contributed by atoms with Crippen LogP contribution in [0.25, 0.3) is 0 Å². The molecule has 18 heavy (non-hydrogen) atoms. The van der Waals surface area contributed by atoms with E-state index in [9.17, 15) is 9.59 Å². The molecule has 1 N–H and O–H groups in total. The Hall–Kier alpha value is -2.04. The van der Waals surface area contributed by atoms with Gasteiger partial charge >= 0.3 is 11.9 Å². The summed E-state index contributed by atoms with van der Waals surface area (Å²) in [4.78, 5) is 22.2. The third-order valence-corrected chi connectivity index (χ3v) is 1.98. The number of hydrogen-bond donors (Lipinski definition) is 1. The summed E-state index contributed by atoms with van der Waals surface area (Å²) in [5, 5.41) is 8.60. The first kappa shape index (κ1) is 16.0. The van der Waals surface area contributed by atoms with Crippen molar-refractivity contribution in [1.29, 1.82) is 0 Å². The molecule has 0 atom stereocenters. The summed E-state index contributed by atoms with van der Waals surface area (Å²) in [6.07, 6.45) is 0. The molecule has 0 bridgehead atoms. The van der Waals surface area contributed by atoms with Crippen molar-refractivity contribution >= 4 is 17.6 Å². The Labute approximate surface area is 107 Å². The fourth-order valence-electron chi connectivity index (χ4n) is 1.11. The van der Waals surface area contributed by atoms with Gasteiger partial charge in [-0.05, 0) is 31.2 Å². The molecule has 1 aromatic carbocycles. The fourth-order valence-corrected chi connectivity index (χ4v) is 1.11. The van der Waals surface area contributed by atoms with Crippen LogP contribution in [-0.2, 0) is 9.53 Å². The van der Waals surface area contributed by atoms with Gasteiger partial charge in [0.1, 0.15) is 0 Å². The molecule has 1 rings (SSSR count). The van der Waals surface area contributed by atoms with Gasteiger partial charge in [0.15, 0.2) is 0 Å². The van der Waals surface area contributed by atoms with Gasteiger partial charge in [-0.25, -0.2) is 4.79 Å². The minimum atomic E-state index is -0.889. The summed E-state index contributed by atoms with van der Waals surface area (Å²) >= 11 is 0. The summed E-state index contributed by atoms with van der Waals surface area (Å²) in [6.45, 7) is 3.65. The minimum Gasteiger partial charge on any atom is -0.478 e. The molecule has 0 amide bonds. The molecule has 100 valence electrons. The van der Waals surface area contributed by atoms with Gasteiger partial charge in [0.25, 0.3) is 0 Å². The highest BCUT2D eigenvalue weighted by Crippen LogP contribution is 2.11.